The minimum absolute atomic E-state index is 0.0403. The van der Waals surface area contributed by atoms with Crippen LogP contribution >= 0.6 is 0 Å². The summed E-state index contributed by atoms with van der Waals surface area (Å²) in [6.07, 6.45) is 1.34. The number of nitrogens with zero attached hydrogens (tertiary/aromatic N) is 3. The lowest BCUT2D eigenvalue weighted by Crippen LogP contribution is -2.16. The molecule has 0 N–H and O–H groups in total. The van der Waals surface area contributed by atoms with Crippen LogP contribution in [0.1, 0.15) is 11.1 Å². The van der Waals surface area contributed by atoms with Gasteiger partial charge >= 0.3 is 0 Å². The van der Waals surface area contributed by atoms with Crippen molar-refractivity contribution >= 4 is 11.4 Å². The lowest BCUT2D eigenvalue weighted by molar-refractivity contribution is -0.384. The summed E-state index contributed by atoms with van der Waals surface area (Å²) in [5.41, 5.74) is 1.95. The lowest BCUT2D eigenvalue weighted by Gasteiger charge is -2.22. The molecule has 5 nitrogen and oxygen atoms in total. The molecule has 0 aromatic heterocycles. The van der Waals surface area contributed by atoms with E-state index in [1.165, 1.54) is 30.3 Å². The number of benzene rings is 2. The Hall–Kier alpha value is -3.20. The van der Waals surface area contributed by atoms with E-state index in [9.17, 15) is 14.5 Å². The molecule has 2 aromatic carbocycles. The second-order valence-electron chi connectivity index (χ2n) is 4.95. The van der Waals surface area contributed by atoms with E-state index in [-0.39, 0.29) is 11.5 Å². The van der Waals surface area contributed by atoms with Crippen LogP contribution in [0.15, 0.2) is 54.6 Å². The number of non-ortho nitro benzene ring substituents is 1. The molecular formula is C17H14FN3O2. The van der Waals surface area contributed by atoms with Crippen molar-refractivity contribution in [3.63, 3.8) is 0 Å². The maximum atomic E-state index is 13.0. The summed E-state index contributed by atoms with van der Waals surface area (Å²) in [6.45, 7) is 0.441. The summed E-state index contributed by atoms with van der Waals surface area (Å²) in [6, 6.07) is 14.1. The van der Waals surface area contributed by atoms with Crippen LogP contribution in [-0.4, -0.2) is 16.9 Å². The first-order valence-corrected chi connectivity index (χ1v) is 6.81. The van der Waals surface area contributed by atoms with Crippen LogP contribution in [0.5, 0.6) is 0 Å². The van der Waals surface area contributed by atoms with Crippen molar-refractivity contribution in [3.05, 3.63) is 81.7 Å². The highest BCUT2D eigenvalue weighted by atomic mass is 19.1. The van der Waals surface area contributed by atoms with Gasteiger partial charge < -0.3 is 4.90 Å². The van der Waals surface area contributed by atoms with Crippen LogP contribution in [0.4, 0.5) is 10.1 Å². The third-order valence-electron chi connectivity index (χ3n) is 3.30. The minimum Gasteiger partial charge on any atom is -0.369 e. The molecule has 0 saturated carbocycles. The molecule has 6 heteroatoms. The van der Waals surface area contributed by atoms with Crippen LogP contribution in [0.2, 0.25) is 0 Å². The van der Waals surface area contributed by atoms with Crippen molar-refractivity contribution in [2.45, 2.75) is 6.54 Å². The molecule has 0 aliphatic heterocycles. The minimum atomic E-state index is -0.479. The Morgan fingerprint density at radius 2 is 2.04 bits per heavy atom. The largest absolute Gasteiger partial charge is 0.369 e. The second-order valence-corrected chi connectivity index (χ2v) is 4.95. The van der Waals surface area contributed by atoms with Gasteiger partial charge in [-0.25, -0.2) is 4.39 Å². The molecule has 0 atom stereocenters. The third-order valence-corrected chi connectivity index (χ3v) is 3.30. The smallest absolute Gasteiger partial charge is 0.270 e. The number of rotatable bonds is 5. The van der Waals surface area contributed by atoms with Gasteiger partial charge in [-0.15, -0.1) is 0 Å². The Morgan fingerprint density at radius 1 is 1.35 bits per heavy atom. The van der Waals surface area contributed by atoms with E-state index < -0.39 is 4.92 Å². The predicted octanol–water partition coefficient (Wildman–Crippen LogP) is 3.73. The Morgan fingerprint density at radius 3 is 2.65 bits per heavy atom. The maximum absolute atomic E-state index is 13.0. The van der Waals surface area contributed by atoms with Gasteiger partial charge in [-0.2, -0.15) is 5.26 Å². The van der Waals surface area contributed by atoms with Gasteiger partial charge in [-0.1, -0.05) is 24.3 Å². The van der Waals surface area contributed by atoms with E-state index >= 15 is 0 Å². The van der Waals surface area contributed by atoms with Crippen molar-refractivity contribution in [3.8, 4) is 6.07 Å². The SMILES string of the molecule is CN(Cc1ccc(F)cc1)/C(=C\C#N)c1cccc([N+](=O)[O-])c1. The highest BCUT2D eigenvalue weighted by Gasteiger charge is 2.12. The zero-order chi connectivity index (χ0) is 16.8. The molecule has 2 rings (SSSR count). The quantitative estimate of drug-likeness (QED) is 0.479. The molecule has 0 fully saturated rings. The average molecular weight is 311 g/mol. The fourth-order valence-corrected chi connectivity index (χ4v) is 2.20. The zero-order valence-corrected chi connectivity index (χ0v) is 12.4. The molecule has 2 aromatic rings. The molecule has 0 saturated heterocycles. The van der Waals surface area contributed by atoms with Crippen LogP contribution < -0.4 is 0 Å². The predicted molar refractivity (Wildman–Crippen MR) is 84.6 cm³/mol. The number of nitriles is 1. The molecule has 0 amide bonds. The summed E-state index contributed by atoms with van der Waals surface area (Å²) in [7, 11) is 1.77. The monoisotopic (exact) mass is 311 g/mol. The Kier molecular flexibility index (Phi) is 5.05. The number of nitro groups is 1. The van der Waals surface area contributed by atoms with E-state index in [0.717, 1.165) is 5.56 Å². The van der Waals surface area contributed by atoms with Gasteiger partial charge in [0.2, 0.25) is 0 Å². The number of allylic oxidation sites excluding steroid dienone is 1. The molecule has 0 heterocycles. The Balaban J connectivity index is 2.29. The van der Waals surface area contributed by atoms with E-state index in [2.05, 4.69) is 0 Å². The fraction of sp³-hybridized carbons (Fsp3) is 0.118. The summed E-state index contributed by atoms with van der Waals surface area (Å²) in [5, 5.41) is 19.9. The maximum Gasteiger partial charge on any atom is 0.270 e. The molecule has 0 unspecified atom stereocenters. The average Bonchev–Trinajstić information content (AvgIpc) is 2.54. The number of hydrogen-bond donors (Lipinski definition) is 0. The van der Waals surface area contributed by atoms with Crippen LogP contribution in [0.25, 0.3) is 5.70 Å². The number of hydrogen-bond acceptors (Lipinski definition) is 4. The van der Waals surface area contributed by atoms with Crippen molar-refractivity contribution in [2.75, 3.05) is 7.05 Å². The van der Waals surface area contributed by atoms with E-state index in [1.54, 1.807) is 36.2 Å². The van der Waals surface area contributed by atoms with Crippen molar-refractivity contribution in [1.29, 1.82) is 5.26 Å². The first kappa shape index (κ1) is 16.2. The fourth-order valence-electron chi connectivity index (χ4n) is 2.20. The Bertz CT molecular complexity index is 779. The molecule has 116 valence electrons. The summed E-state index contributed by atoms with van der Waals surface area (Å²) in [5.74, 6) is -0.317. The van der Waals surface area contributed by atoms with E-state index in [0.29, 0.717) is 17.8 Å². The molecular weight excluding hydrogens is 297 g/mol. The molecule has 23 heavy (non-hydrogen) atoms. The number of halogens is 1. The second kappa shape index (κ2) is 7.18. The van der Waals surface area contributed by atoms with E-state index in [4.69, 9.17) is 5.26 Å². The van der Waals surface area contributed by atoms with Gasteiger partial charge in [-0.05, 0) is 17.7 Å². The highest BCUT2D eigenvalue weighted by molar-refractivity contribution is 5.67. The van der Waals surface area contributed by atoms with Crippen LogP contribution in [0, 0.1) is 27.3 Å². The van der Waals surface area contributed by atoms with Gasteiger partial charge in [0, 0.05) is 37.4 Å². The normalized spacial score (nSPS) is 10.9. The van der Waals surface area contributed by atoms with Crippen LogP contribution in [-0.2, 0) is 6.54 Å². The van der Waals surface area contributed by atoms with Crippen molar-refractivity contribution in [2.24, 2.45) is 0 Å². The Labute approximate surface area is 133 Å². The lowest BCUT2D eigenvalue weighted by atomic mass is 10.1. The van der Waals surface area contributed by atoms with E-state index in [1.807, 2.05) is 6.07 Å². The molecule has 0 aliphatic carbocycles. The first-order chi connectivity index (χ1) is 11.0. The van der Waals surface area contributed by atoms with Gasteiger partial charge in [0.25, 0.3) is 5.69 Å². The standard InChI is InChI=1S/C17H14FN3O2/c1-20(12-13-5-7-15(18)8-6-13)17(9-10-19)14-3-2-4-16(11-14)21(22)23/h2-9,11H,12H2,1H3/b17-9-. The van der Waals surface area contributed by atoms with Gasteiger partial charge in [0.1, 0.15) is 5.82 Å². The first-order valence-electron chi connectivity index (χ1n) is 6.81. The van der Waals surface area contributed by atoms with Gasteiger partial charge in [-0.3, -0.25) is 10.1 Å². The summed E-state index contributed by atoms with van der Waals surface area (Å²) < 4.78 is 13.0. The van der Waals surface area contributed by atoms with Crippen LogP contribution in [0.3, 0.4) is 0 Å². The summed E-state index contributed by atoms with van der Waals surface area (Å²) in [4.78, 5) is 12.2. The highest BCUT2D eigenvalue weighted by Crippen LogP contribution is 2.23. The molecule has 0 radical (unpaired) electrons. The third kappa shape index (κ3) is 4.14. The zero-order valence-electron chi connectivity index (χ0n) is 12.4. The summed E-state index contributed by atoms with van der Waals surface area (Å²) >= 11 is 0. The topological polar surface area (TPSA) is 70.2 Å². The number of nitro benzene ring substituents is 1. The van der Waals surface area contributed by atoms with Crippen molar-refractivity contribution in [1.82, 2.24) is 4.90 Å². The van der Waals surface area contributed by atoms with Gasteiger partial charge in [0.05, 0.1) is 16.7 Å². The van der Waals surface area contributed by atoms with Crippen molar-refractivity contribution < 1.29 is 9.31 Å². The molecule has 0 aliphatic rings. The van der Waals surface area contributed by atoms with Gasteiger partial charge in [0.15, 0.2) is 0 Å². The molecule has 0 spiro atoms. The molecule has 0 bridgehead atoms.